The van der Waals surface area contributed by atoms with Crippen LogP contribution in [0.2, 0.25) is 0 Å². The van der Waals surface area contributed by atoms with Crippen molar-refractivity contribution < 1.29 is 4.79 Å². The number of ketones is 1. The molecule has 2 aromatic carbocycles. The van der Waals surface area contributed by atoms with Gasteiger partial charge < -0.3 is 5.32 Å². The van der Waals surface area contributed by atoms with E-state index in [1.54, 1.807) is 0 Å². The van der Waals surface area contributed by atoms with Gasteiger partial charge in [0.25, 0.3) is 0 Å². The summed E-state index contributed by atoms with van der Waals surface area (Å²) in [5.41, 5.74) is 2.34. The van der Waals surface area contributed by atoms with Crippen molar-refractivity contribution in [2.75, 3.05) is 0 Å². The first-order chi connectivity index (χ1) is 11.6. The van der Waals surface area contributed by atoms with E-state index in [-0.39, 0.29) is 11.0 Å². The molecule has 2 bridgehead atoms. The lowest BCUT2D eigenvalue weighted by Gasteiger charge is -2.52. The molecule has 1 N–H and O–H groups in total. The molecule has 124 valence electrons. The van der Waals surface area contributed by atoms with Gasteiger partial charge in [0.15, 0.2) is 5.78 Å². The number of carbonyl (C=O) groups excluding carboxylic acids is 1. The highest BCUT2D eigenvalue weighted by atomic mass is 79.9. The number of nitrogens with one attached hydrogen (secondary N) is 1. The minimum atomic E-state index is -0.299. The summed E-state index contributed by atoms with van der Waals surface area (Å²) < 4.78 is 1.10. The summed E-state index contributed by atoms with van der Waals surface area (Å²) in [5, 5.41) is 3.61. The predicted octanol–water partition coefficient (Wildman–Crippen LogP) is 4.76. The van der Waals surface area contributed by atoms with Crippen molar-refractivity contribution in [1.29, 1.82) is 0 Å². The molecule has 0 radical (unpaired) electrons. The van der Waals surface area contributed by atoms with Gasteiger partial charge in [-0.1, -0.05) is 58.4 Å². The van der Waals surface area contributed by atoms with Gasteiger partial charge in [0.05, 0.1) is 5.54 Å². The van der Waals surface area contributed by atoms with Crippen molar-refractivity contribution in [3.63, 3.8) is 0 Å². The summed E-state index contributed by atoms with van der Waals surface area (Å²) >= 11 is 3.51. The van der Waals surface area contributed by atoms with Gasteiger partial charge >= 0.3 is 0 Å². The predicted molar refractivity (Wildman–Crippen MR) is 99.9 cm³/mol. The largest absolute Gasteiger partial charge is 0.301 e. The highest BCUT2D eigenvalue weighted by molar-refractivity contribution is 9.10. The Kier molecular flexibility index (Phi) is 4.09. The van der Waals surface area contributed by atoms with Gasteiger partial charge in [-0.25, -0.2) is 0 Å². The zero-order valence-electron chi connectivity index (χ0n) is 13.7. The standard InChI is InChI=1S/C21H22BrNO/c22-18-8-6-17(7-9-18)20-10-12-21(13-11-20,19(24)14-20)23-15-16-4-2-1-3-5-16/h1-9,23H,10-15H2. The summed E-state index contributed by atoms with van der Waals surface area (Å²) in [6.45, 7) is 0.776. The van der Waals surface area contributed by atoms with Crippen LogP contribution in [0.15, 0.2) is 59.1 Å². The minimum absolute atomic E-state index is 0.0635. The summed E-state index contributed by atoms with van der Waals surface area (Å²) in [6, 6.07) is 18.9. The van der Waals surface area contributed by atoms with Gasteiger partial charge in [0.2, 0.25) is 0 Å². The van der Waals surface area contributed by atoms with Crippen molar-refractivity contribution in [2.45, 2.75) is 49.6 Å². The second-order valence-corrected chi connectivity index (χ2v) is 8.22. The van der Waals surface area contributed by atoms with E-state index < -0.39 is 0 Å². The summed E-state index contributed by atoms with van der Waals surface area (Å²) in [7, 11) is 0. The fourth-order valence-electron chi connectivity index (χ4n) is 4.42. The molecule has 5 rings (SSSR count). The first-order valence-electron chi connectivity index (χ1n) is 8.70. The van der Waals surface area contributed by atoms with Crippen LogP contribution in [-0.2, 0) is 16.8 Å². The quantitative estimate of drug-likeness (QED) is 0.824. The Morgan fingerprint density at radius 3 is 2.21 bits per heavy atom. The maximum Gasteiger partial charge on any atom is 0.153 e. The summed E-state index contributed by atoms with van der Waals surface area (Å²) in [6.07, 6.45) is 4.78. The van der Waals surface area contributed by atoms with E-state index in [0.29, 0.717) is 12.2 Å². The molecule has 3 aliphatic carbocycles. The lowest BCUT2D eigenvalue weighted by atomic mass is 9.54. The van der Waals surface area contributed by atoms with Crippen molar-refractivity contribution in [2.24, 2.45) is 0 Å². The molecular weight excluding hydrogens is 362 g/mol. The van der Waals surface area contributed by atoms with Gasteiger partial charge in [-0.15, -0.1) is 0 Å². The molecule has 3 fully saturated rings. The molecule has 0 heterocycles. The number of halogens is 1. The SMILES string of the molecule is O=C1CC2(c3ccc(Br)cc3)CCC1(NCc1ccccc1)CC2. The van der Waals surface area contributed by atoms with E-state index in [0.717, 1.165) is 36.7 Å². The Labute approximate surface area is 151 Å². The number of hydrogen-bond acceptors (Lipinski definition) is 2. The molecule has 3 aliphatic rings. The van der Waals surface area contributed by atoms with Crippen LogP contribution in [0.25, 0.3) is 0 Å². The van der Waals surface area contributed by atoms with Gasteiger partial charge in [0.1, 0.15) is 0 Å². The van der Waals surface area contributed by atoms with Crippen LogP contribution in [0.4, 0.5) is 0 Å². The zero-order chi connectivity index (χ0) is 16.6. The molecular formula is C21H22BrNO. The van der Waals surface area contributed by atoms with E-state index >= 15 is 0 Å². The smallest absolute Gasteiger partial charge is 0.153 e. The third kappa shape index (κ3) is 2.74. The Morgan fingerprint density at radius 1 is 0.917 bits per heavy atom. The molecule has 3 saturated carbocycles. The number of benzene rings is 2. The molecule has 0 atom stereocenters. The second kappa shape index (κ2) is 6.12. The monoisotopic (exact) mass is 383 g/mol. The van der Waals surface area contributed by atoms with Crippen molar-refractivity contribution in [3.8, 4) is 0 Å². The number of hydrogen-bond donors (Lipinski definition) is 1. The van der Waals surface area contributed by atoms with E-state index in [9.17, 15) is 4.79 Å². The number of carbonyl (C=O) groups is 1. The topological polar surface area (TPSA) is 29.1 Å². The molecule has 0 spiro atoms. The van der Waals surface area contributed by atoms with Crippen LogP contribution in [0, 0.1) is 0 Å². The lowest BCUT2D eigenvalue weighted by molar-refractivity contribution is -0.134. The third-order valence-electron chi connectivity index (χ3n) is 6.02. The number of Topliss-reactive ketones (excluding diaryl/α,β-unsaturated/α-hetero) is 1. The van der Waals surface area contributed by atoms with Crippen molar-refractivity contribution in [3.05, 3.63) is 70.2 Å². The first-order valence-corrected chi connectivity index (χ1v) is 9.50. The second-order valence-electron chi connectivity index (χ2n) is 7.31. The molecule has 2 nitrogen and oxygen atoms in total. The highest BCUT2D eigenvalue weighted by Crippen LogP contribution is 2.52. The zero-order valence-corrected chi connectivity index (χ0v) is 15.3. The fraction of sp³-hybridized carbons (Fsp3) is 0.381. The average Bonchev–Trinajstić information content (AvgIpc) is 2.63. The van der Waals surface area contributed by atoms with Crippen LogP contribution >= 0.6 is 15.9 Å². The maximum atomic E-state index is 13.0. The van der Waals surface area contributed by atoms with Crippen LogP contribution in [0.5, 0.6) is 0 Å². The molecule has 0 saturated heterocycles. The van der Waals surface area contributed by atoms with Crippen molar-refractivity contribution >= 4 is 21.7 Å². The Bertz CT molecular complexity index is 730. The van der Waals surface area contributed by atoms with E-state index in [4.69, 9.17) is 0 Å². The molecule has 0 unspecified atom stereocenters. The minimum Gasteiger partial charge on any atom is -0.301 e. The average molecular weight is 384 g/mol. The Morgan fingerprint density at radius 2 is 1.58 bits per heavy atom. The summed E-state index contributed by atoms with van der Waals surface area (Å²) in [5.74, 6) is 0.402. The van der Waals surface area contributed by atoms with E-state index in [2.05, 4.69) is 69.8 Å². The normalized spacial score (nSPS) is 29.0. The number of rotatable bonds is 4. The number of fused-ring (bicyclic) bond motifs is 3. The molecule has 2 aromatic rings. The summed E-state index contributed by atoms with van der Waals surface area (Å²) in [4.78, 5) is 13.0. The Hall–Kier alpha value is -1.45. The third-order valence-corrected chi connectivity index (χ3v) is 6.55. The lowest BCUT2D eigenvalue weighted by Crippen LogP contribution is -2.62. The van der Waals surface area contributed by atoms with Gasteiger partial charge in [-0.3, -0.25) is 4.79 Å². The molecule has 0 aliphatic heterocycles. The first kappa shape index (κ1) is 16.0. The highest BCUT2D eigenvalue weighted by Gasteiger charge is 2.54. The molecule has 3 heteroatoms. The fourth-order valence-corrected chi connectivity index (χ4v) is 4.69. The van der Waals surface area contributed by atoms with Crippen LogP contribution in [0.1, 0.15) is 43.2 Å². The van der Waals surface area contributed by atoms with E-state index in [1.165, 1.54) is 11.1 Å². The molecule has 0 amide bonds. The van der Waals surface area contributed by atoms with Crippen LogP contribution in [0.3, 0.4) is 0 Å². The van der Waals surface area contributed by atoms with Crippen LogP contribution in [-0.4, -0.2) is 11.3 Å². The Balaban J connectivity index is 1.51. The van der Waals surface area contributed by atoms with Crippen LogP contribution < -0.4 is 5.32 Å². The maximum absolute atomic E-state index is 13.0. The van der Waals surface area contributed by atoms with Gasteiger partial charge in [-0.05, 0) is 48.9 Å². The van der Waals surface area contributed by atoms with E-state index in [1.807, 2.05) is 6.07 Å². The van der Waals surface area contributed by atoms with Gasteiger partial charge in [0, 0.05) is 22.9 Å². The van der Waals surface area contributed by atoms with Crippen molar-refractivity contribution in [1.82, 2.24) is 5.32 Å². The van der Waals surface area contributed by atoms with Gasteiger partial charge in [-0.2, -0.15) is 0 Å². The molecule has 0 aromatic heterocycles. The molecule has 24 heavy (non-hydrogen) atoms.